The maximum Gasteiger partial charge on any atom is 0.413 e. The van der Waals surface area contributed by atoms with Gasteiger partial charge in [-0.1, -0.05) is 13.8 Å². The number of hydrogen-bond acceptors (Lipinski definition) is 6. The first-order valence-corrected chi connectivity index (χ1v) is 6.36. The molecule has 0 aromatic rings. The Morgan fingerprint density at radius 3 is 2.33 bits per heavy atom. The van der Waals surface area contributed by atoms with Crippen molar-refractivity contribution < 1.29 is 29.0 Å². The Hall–Kier alpha value is -2.32. The van der Waals surface area contributed by atoms with Crippen LogP contribution in [0.2, 0.25) is 0 Å². The van der Waals surface area contributed by atoms with Crippen LogP contribution in [0.5, 0.6) is 0 Å². The molecule has 0 aliphatic heterocycles. The van der Waals surface area contributed by atoms with E-state index < -0.39 is 18.6 Å². The first-order chi connectivity index (χ1) is 9.73. The summed E-state index contributed by atoms with van der Waals surface area (Å²) < 4.78 is 9.64. The second-order valence-corrected chi connectivity index (χ2v) is 4.54. The highest BCUT2D eigenvalue weighted by Gasteiger charge is 2.12. The second-order valence-electron chi connectivity index (χ2n) is 4.54. The Morgan fingerprint density at radius 2 is 1.81 bits per heavy atom. The molecule has 21 heavy (non-hydrogen) atoms. The van der Waals surface area contributed by atoms with Crippen LogP contribution in [0.25, 0.3) is 0 Å². The van der Waals surface area contributed by atoms with Gasteiger partial charge in [-0.05, 0) is 0 Å². The van der Waals surface area contributed by atoms with Gasteiger partial charge in [-0.15, -0.1) is 0 Å². The average molecular weight is 303 g/mol. The molecule has 0 aliphatic rings. The van der Waals surface area contributed by atoms with Crippen molar-refractivity contribution >= 4 is 24.0 Å². The van der Waals surface area contributed by atoms with Gasteiger partial charge in [0.15, 0.2) is 0 Å². The first kappa shape index (κ1) is 18.7. The van der Waals surface area contributed by atoms with Crippen molar-refractivity contribution in [2.24, 2.45) is 5.92 Å². The van der Waals surface area contributed by atoms with Gasteiger partial charge in [-0.3, -0.25) is 20.3 Å². The largest absolute Gasteiger partial charge is 0.480 e. The summed E-state index contributed by atoms with van der Waals surface area (Å²) >= 11 is 0. The SMILES string of the molecule is CC(C)C(=O)OCCCOC(=O)NC(=N)N(C)CC(=O)O. The van der Waals surface area contributed by atoms with Crippen LogP contribution in [0.3, 0.4) is 0 Å². The normalized spacial score (nSPS) is 9.90. The average Bonchev–Trinajstić information content (AvgIpc) is 2.36. The number of ether oxygens (including phenoxy) is 2. The smallest absolute Gasteiger partial charge is 0.413 e. The fourth-order valence-electron chi connectivity index (χ4n) is 1.07. The zero-order valence-corrected chi connectivity index (χ0v) is 12.3. The molecule has 0 rings (SSSR count). The molecule has 9 heteroatoms. The number of carbonyl (C=O) groups is 3. The number of carboxylic acids is 1. The van der Waals surface area contributed by atoms with Crippen LogP contribution in [0.1, 0.15) is 20.3 Å². The summed E-state index contributed by atoms with van der Waals surface area (Å²) in [7, 11) is 1.35. The molecule has 0 radical (unpaired) electrons. The molecular weight excluding hydrogens is 282 g/mol. The number of aliphatic carboxylic acids is 1. The molecule has 0 saturated heterocycles. The van der Waals surface area contributed by atoms with E-state index >= 15 is 0 Å². The van der Waals surface area contributed by atoms with Crippen molar-refractivity contribution in [1.82, 2.24) is 10.2 Å². The molecule has 1 amide bonds. The lowest BCUT2D eigenvalue weighted by atomic mass is 10.2. The van der Waals surface area contributed by atoms with Gasteiger partial charge >= 0.3 is 18.0 Å². The Kier molecular flexibility index (Phi) is 8.51. The fourth-order valence-corrected chi connectivity index (χ4v) is 1.07. The van der Waals surface area contributed by atoms with Gasteiger partial charge in [0, 0.05) is 13.5 Å². The molecule has 0 aromatic heterocycles. The molecule has 0 spiro atoms. The number of carboxylic acid groups (broad SMARTS) is 1. The van der Waals surface area contributed by atoms with Gasteiger partial charge in [-0.25, -0.2) is 4.79 Å². The fraction of sp³-hybridized carbons (Fsp3) is 0.667. The van der Waals surface area contributed by atoms with Crippen molar-refractivity contribution in [1.29, 1.82) is 5.41 Å². The summed E-state index contributed by atoms with van der Waals surface area (Å²) in [6.07, 6.45) is -0.531. The van der Waals surface area contributed by atoms with Crippen LogP contribution in [0, 0.1) is 11.3 Å². The minimum atomic E-state index is -1.12. The third kappa shape index (κ3) is 9.25. The number of nitrogens with zero attached hydrogens (tertiary/aromatic N) is 1. The third-order valence-corrected chi connectivity index (χ3v) is 2.21. The number of likely N-dealkylation sites (N-methyl/N-ethyl adjacent to an activating group) is 1. The van der Waals surface area contributed by atoms with Crippen molar-refractivity contribution in [2.75, 3.05) is 26.8 Å². The molecular formula is C12H21N3O6. The zero-order chi connectivity index (χ0) is 16.4. The van der Waals surface area contributed by atoms with Crippen LogP contribution in [-0.2, 0) is 19.1 Å². The predicted octanol–water partition coefficient (Wildman–Crippen LogP) is 0.253. The Labute approximate surface area is 122 Å². The van der Waals surface area contributed by atoms with Gasteiger partial charge in [0.1, 0.15) is 6.54 Å². The highest BCUT2D eigenvalue weighted by Crippen LogP contribution is 1.96. The van der Waals surface area contributed by atoms with Crippen LogP contribution >= 0.6 is 0 Å². The highest BCUT2D eigenvalue weighted by molar-refractivity contribution is 5.93. The summed E-state index contributed by atoms with van der Waals surface area (Å²) in [5.41, 5.74) is 0. The topological polar surface area (TPSA) is 129 Å². The summed E-state index contributed by atoms with van der Waals surface area (Å²) in [5, 5.41) is 18.0. The first-order valence-electron chi connectivity index (χ1n) is 6.36. The molecule has 0 saturated carbocycles. The molecule has 0 bridgehead atoms. The number of hydrogen-bond donors (Lipinski definition) is 3. The van der Waals surface area contributed by atoms with E-state index in [2.05, 4.69) is 5.32 Å². The van der Waals surface area contributed by atoms with Gasteiger partial charge < -0.3 is 19.5 Å². The molecule has 3 N–H and O–H groups in total. The van der Waals surface area contributed by atoms with Gasteiger partial charge in [0.2, 0.25) is 5.96 Å². The molecule has 0 heterocycles. The number of rotatable bonds is 7. The Morgan fingerprint density at radius 1 is 1.24 bits per heavy atom. The predicted molar refractivity (Wildman–Crippen MR) is 72.9 cm³/mol. The van der Waals surface area contributed by atoms with E-state index in [0.717, 1.165) is 4.90 Å². The van der Waals surface area contributed by atoms with Crippen LogP contribution < -0.4 is 5.32 Å². The summed E-state index contributed by atoms with van der Waals surface area (Å²) in [6, 6.07) is 0. The van der Waals surface area contributed by atoms with Gasteiger partial charge in [-0.2, -0.15) is 0 Å². The quantitative estimate of drug-likeness (QED) is 0.266. The highest BCUT2D eigenvalue weighted by atomic mass is 16.6. The lowest BCUT2D eigenvalue weighted by Crippen LogP contribution is -2.43. The molecule has 0 fully saturated rings. The number of esters is 1. The molecule has 120 valence electrons. The maximum atomic E-state index is 11.3. The van der Waals surface area contributed by atoms with E-state index in [1.807, 2.05) is 0 Å². The molecule has 0 atom stereocenters. The molecule has 0 unspecified atom stereocenters. The second kappa shape index (κ2) is 9.56. The van der Waals surface area contributed by atoms with Crippen molar-refractivity contribution in [3.8, 4) is 0 Å². The number of guanidine groups is 1. The number of nitrogens with one attached hydrogen (secondary N) is 2. The van der Waals surface area contributed by atoms with E-state index in [1.54, 1.807) is 13.8 Å². The van der Waals surface area contributed by atoms with Crippen LogP contribution in [-0.4, -0.2) is 60.8 Å². The zero-order valence-electron chi connectivity index (χ0n) is 12.3. The third-order valence-electron chi connectivity index (χ3n) is 2.21. The van der Waals surface area contributed by atoms with Crippen molar-refractivity contribution in [3.63, 3.8) is 0 Å². The lowest BCUT2D eigenvalue weighted by molar-refractivity contribution is -0.147. The molecule has 0 aromatic carbocycles. The summed E-state index contributed by atoms with van der Waals surface area (Å²) in [4.78, 5) is 33.9. The summed E-state index contributed by atoms with van der Waals surface area (Å²) in [5.74, 6) is -2.03. The van der Waals surface area contributed by atoms with E-state index in [1.165, 1.54) is 7.05 Å². The minimum absolute atomic E-state index is 0.0210. The maximum absolute atomic E-state index is 11.3. The number of amides is 1. The molecule has 9 nitrogen and oxygen atoms in total. The number of alkyl carbamates (subject to hydrolysis) is 1. The van der Waals surface area contributed by atoms with E-state index in [-0.39, 0.29) is 31.1 Å². The summed E-state index contributed by atoms with van der Waals surface area (Å²) in [6.45, 7) is 3.18. The standard InChI is InChI=1S/C12H21N3O6/c1-8(2)10(18)20-5-4-6-21-12(19)14-11(13)15(3)7-9(16)17/h8H,4-7H2,1-3H3,(H,16,17)(H2,13,14,19). The molecule has 0 aliphatic carbocycles. The lowest BCUT2D eigenvalue weighted by Gasteiger charge is -2.17. The van der Waals surface area contributed by atoms with Crippen LogP contribution in [0.4, 0.5) is 4.79 Å². The van der Waals surface area contributed by atoms with E-state index in [0.29, 0.717) is 6.42 Å². The van der Waals surface area contributed by atoms with Gasteiger partial charge in [0.25, 0.3) is 0 Å². The van der Waals surface area contributed by atoms with Crippen molar-refractivity contribution in [2.45, 2.75) is 20.3 Å². The number of carbonyl (C=O) groups excluding carboxylic acids is 2. The van der Waals surface area contributed by atoms with E-state index in [9.17, 15) is 14.4 Å². The van der Waals surface area contributed by atoms with Gasteiger partial charge in [0.05, 0.1) is 19.1 Å². The van der Waals surface area contributed by atoms with E-state index in [4.69, 9.17) is 20.0 Å². The monoisotopic (exact) mass is 303 g/mol. The Balaban J connectivity index is 3.78. The van der Waals surface area contributed by atoms with Crippen molar-refractivity contribution in [3.05, 3.63) is 0 Å². The minimum Gasteiger partial charge on any atom is -0.480 e. The van der Waals surface area contributed by atoms with Crippen LogP contribution in [0.15, 0.2) is 0 Å². The Bertz CT molecular complexity index is 396.